The zero-order valence-corrected chi connectivity index (χ0v) is 13.0. The van der Waals surface area contributed by atoms with E-state index in [1.807, 2.05) is 0 Å². The molecule has 0 unspecified atom stereocenters. The topological polar surface area (TPSA) is 28.2 Å². The van der Waals surface area contributed by atoms with Gasteiger partial charge in [0.15, 0.2) is 0 Å². The molecule has 1 saturated carbocycles. The van der Waals surface area contributed by atoms with Crippen LogP contribution in [-0.2, 0) is 6.54 Å². The number of nitrogens with one attached hydrogen (secondary N) is 1. The number of hydrogen-bond acceptors (Lipinski definition) is 3. The van der Waals surface area contributed by atoms with Gasteiger partial charge in [0, 0.05) is 30.9 Å². The molecule has 2 rings (SSSR count). The van der Waals surface area contributed by atoms with Gasteiger partial charge in [-0.15, -0.1) is 0 Å². The van der Waals surface area contributed by atoms with Crippen molar-refractivity contribution in [1.29, 1.82) is 0 Å². The third-order valence-electron chi connectivity index (χ3n) is 4.46. The van der Waals surface area contributed by atoms with Crippen LogP contribution in [0.1, 0.15) is 51.3 Å². The van der Waals surface area contributed by atoms with Gasteiger partial charge >= 0.3 is 0 Å². The second-order valence-corrected chi connectivity index (χ2v) is 6.29. The van der Waals surface area contributed by atoms with Crippen molar-refractivity contribution in [3.8, 4) is 0 Å². The zero-order chi connectivity index (χ0) is 14.0. The smallest absolute Gasteiger partial charge is 0.128 e. The van der Waals surface area contributed by atoms with Crippen LogP contribution in [0.2, 0.25) is 0 Å². The van der Waals surface area contributed by atoms with Gasteiger partial charge in [-0.25, -0.2) is 4.98 Å². The maximum atomic E-state index is 4.77. The van der Waals surface area contributed by atoms with Crippen molar-refractivity contribution in [3.63, 3.8) is 0 Å². The van der Waals surface area contributed by atoms with Crippen molar-refractivity contribution in [3.05, 3.63) is 23.4 Å². The first-order valence-corrected chi connectivity index (χ1v) is 7.38. The Morgan fingerprint density at radius 3 is 2.58 bits per heavy atom. The van der Waals surface area contributed by atoms with E-state index in [-0.39, 0.29) is 5.54 Å². The monoisotopic (exact) mass is 261 g/mol. The lowest BCUT2D eigenvalue weighted by molar-refractivity contribution is 0.467. The first kappa shape index (κ1) is 14.3. The van der Waals surface area contributed by atoms with E-state index in [0.717, 1.165) is 30.5 Å². The second kappa shape index (κ2) is 5.49. The Kier molecular flexibility index (Phi) is 4.14. The Morgan fingerprint density at radius 2 is 2.05 bits per heavy atom. The van der Waals surface area contributed by atoms with Gasteiger partial charge < -0.3 is 10.2 Å². The molecule has 0 amide bonds. The molecule has 0 saturated heterocycles. The average molecular weight is 261 g/mol. The molecule has 0 spiro atoms. The molecular formula is C16H27N3. The maximum absolute atomic E-state index is 4.77. The summed E-state index contributed by atoms with van der Waals surface area (Å²) in [5.41, 5.74) is 2.61. The highest BCUT2D eigenvalue weighted by atomic mass is 15.2. The molecule has 3 heteroatoms. The van der Waals surface area contributed by atoms with Gasteiger partial charge in [-0.2, -0.15) is 0 Å². The van der Waals surface area contributed by atoms with Crippen molar-refractivity contribution in [2.75, 3.05) is 11.9 Å². The lowest BCUT2D eigenvalue weighted by atomic mass is 10.00. The number of aryl methyl sites for hydroxylation is 1. The SMILES string of the molecule is CCC(C)(C)N(C)c1ccc(CNC2CC2)c(C)n1. The number of anilines is 1. The Bertz CT molecular complexity index is 436. The van der Waals surface area contributed by atoms with Crippen LogP contribution < -0.4 is 10.2 Å². The molecule has 0 aromatic carbocycles. The van der Waals surface area contributed by atoms with E-state index in [2.05, 4.69) is 57.1 Å². The van der Waals surface area contributed by atoms with Crippen molar-refractivity contribution in [1.82, 2.24) is 10.3 Å². The van der Waals surface area contributed by atoms with Crippen LogP contribution in [0.15, 0.2) is 12.1 Å². The number of rotatable bonds is 6. The van der Waals surface area contributed by atoms with E-state index in [1.165, 1.54) is 18.4 Å². The molecule has 0 bridgehead atoms. The van der Waals surface area contributed by atoms with Gasteiger partial charge in [0.1, 0.15) is 5.82 Å². The van der Waals surface area contributed by atoms with E-state index >= 15 is 0 Å². The van der Waals surface area contributed by atoms with Crippen molar-refractivity contribution in [2.24, 2.45) is 0 Å². The molecular weight excluding hydrogens is 234 g/mol. The van der Waals surface area contributed by atoms with Gasteiger partial charge in [0.2, 0.25) is 0 Å². The van der Waals surface area contributed by atoms with E-state index in [4.69, 9.17) is 4.98 Å². The zero-order valence-electron chi connectivity index (χ0n) is 13.0. The van der Waals surface area contributed by atoms with Gasteiger partial charge in [-0.05, 0) is 51.7 Å². The van der Waals surface area contributed by atoms with Crippen LogP contribution >= 0.6 is 0 Å². The second-order valence-electron chi connectivity index (χ2n) is 6.29. The van der Waals surface area contributed by atoms with Gasteiger partial charge in [-0.3, -0.25) is 0 Å². The fraction of sp³-hybridized carbons (Fsp3) is 0.688. The van der Waals surface area contributed by atoms with E-state index in [1.54, 1.807) is 0 Å². The summed E-state index contributed by atoms with van der Waals surface area (Å²) in [6, 6.07) is 5.12. The third kappa shape index (κ3) is 3.47. The molecule has 1 aromatic rings. The summed E-state index contributed by atoms with van der Waals surface area (Å²) < 4.78 is 0. The molecule has 19 heavy (non-hydrogen) atoms. The number of hydrogen-bond donors (Lipinski definition) is 1. The van der Waals surface area contributed by atoms with Gasteiger partial charge in [0.25, 0.3) is 0 Å². The van der Waals surface area contributed by atoms with Crippen LogP contribution in [0.25, 0.3) is 0 Å². The van der Waals surface area contributed by atoms with E-state index < -0.39 is 0 Å². The highest BCUT2D eigenvalue weighted by molar-refractivity contribution is 5.43. The van der Waals surface area contributed by atoms with Crippen LogP contribution in [0.5, 0.6) is 0 Å². The molecule has 1 aliphatic carbocycles. The fourth-order valence-corrected chi connectivity index (χ4v) is 2.04. The lowest BCUT2D eigenvalue weighted by Crippen LogP contribution is -2.41. The number of pyridine rings is 1. The molecule has 1 heterocycles. The number of aromatic nitrogens is 1. The Hall–Kier alpha value is -1.09. The third-order valence-corrected chi connectivity index (χ3v) is 4.46. The fourth-order valence-electron chi connectivity index (χ4n) is 2.04. The summed E-state index contributed by atoms with van der Waals surface area (Å²) in [5, 5.41) is 3.55. The number of nitrogens with zero attached hydrogens (tertiary/aromatic N) is 2. The normalized spacial score (nSPS) is 15.6. The Morgan fingerprint density at radius 1 is 1.37 bits per heavy atom. The molecule has 106 valence electrons. The van der Waals surface area contributed by atoms with Crippen molar-refractivity contribution < 1.29 is 0 Å². The first-order valence-electron chi connectivity index (χ1n) is 7.38. The summed E-state index contributed by atoms with van der Waals surface area (Å²) >= 11 is 0. The lowest BCUT2D eigenvalue weighted by Gasteiger charge is -2.36. The highest BCUT2D eigenvalue weighted by Gasteiger charge is 2.23. The van der Waals surface area contributed by atoms with Crippen LogP contribution in [0.3, 0.4) is 0 Å². The molecule has 1 N–H and O–H groups in total. The minimum atomic E-state index is 0.146. The molecule has 1 aromatic heterocycles. The van der Waals surface area contributed by atoms with E-state index in [9.17, 15) is 0 Å². The van der Waals surface area contributed by atoms with Crippen molar-refractivity contribution >= 4 is 5.82 Å². The molecule has 3 nitrogen and oxygen atoms in total. The van der Waals surface area contributed by atoms with Crippen LogP contribution in [-0.4, -0.2) is 23.6 Å². The van der Waals surface area contributed by atoms with Gasteiger partial charge in [-0.1, -0.05) is 13.0 Å². The maximum Gasteiger partial charge on any atom is 0.128 e. The van der Waals surface area contributed by atoms with Gasteiger partial charge in [0.05, 0.1) is 0 Å². The Labute approximate surface area is 117 Å². The molecule has 0 aliphatic heterocycles. The predicted molar refractivity (Wildman–Crippen MR) is 81.6 cm³/mol. The van der Waals surface area contributed by atoms with Crippen LogP contribution in [0.4, 0.5) is 5.82 Å². The average Bonchev–Trinajstić information content (AvgIpc) is 3.20. The molecule has 0 atom stereocenters. The van der Waals surface area contributed by atoms with Crippen LogP contribution in [0, 0.1) is 6.92 Å². The predicted octanol–water partition coefficient (Wildman–Crippen LogP) is 3.27. The summed E-state index contributed by atoms with van der Waals surface area (Å²) in [7, 11) is 2.13. The largest absolute Gasteiger partial charge is 0.355 e. The van der Waals surface area contributed by atoms with Crippen molar-refractivity contribution in [2.45, 2.75) is 65.1 Å². The summed E-state index contributed by atoms with van der Waals surface area (Å²) in [6.45, 7) is 9.79. The quantitative estimate of drug-likeness (QED) is 0.852. The Balaban J connectivity index is 2.08. The first-order chi connectivity index (χ1) is 8.94. The summed E-state index contributed by atoms with van der Waals surface area (Å²) in [6.07, 6.45) is 3.77. The summed E-state index contributed by atoms with van der Waals surface area (Å²) in [5.74, 6) is 1.07. The molecule has 0 radical (unpaired) electrons. The molecule has 1 aliphatic rings. The standard InChI is InChI=1S/C16H27N3/c1-6-16(3,4)19(5)15-10-7-13(12(2)18-15)11-17-14-8-9-14/h7,10,14,17H,6,8-9,11H2,1-5H3. The summed E-state index contributed by atoms with van der Waals surface area (Å²) in [4.78, 5) is 7.05. The highest BCUT2D eigenvalue weighted by Crippen LogP contribution is 2.24. The molecule has 1 fully saturated rings. The minimum Gasteiger partial charge on any atom is -0.355 e. The van der Waals surface area contributed by atoms with E-state index in [0.29, 0.717) is 0 Å². The minimum absolute atomic E-state index is 0.146.